The summed E-state index contributed by atoms with van der Waals surface area (Å²) in [6, 6.07) is 4.56. The number of amides is 1. The van der Waals surface area contributed by atoms with Gasteiger partial charge in [-0.05, 0) is 24.5 Å². The lowest BCUT2D eigenvalue weighted by atomic mass is 10.2. The Morgan fingerprint density at radius 1 is 1.31 bits per heavy atom. The van der Waals surface area contributed by atoms with E-state index in [0.29, 0.717) is 42.8 Å². The Balaban J connectivity index is 1.53. The molecular formula is C17H20ClN3O5. The van der Waals surface area contributed by atoms with E-state index < -0.39 is 4.92 Å². The molecule has 1 aromatic carbocycles. The summed E-state index contributed by atoms with van der Waals surface area (Å²) >= 11 is 5.84. The van der Waals surface area contributed by atoms with E-state index in [1.807, 2.05) is 11.8 Å². The molecule has 2 fully saturated rings. The highest BCUT2D eigenvalue weighted by molar-refractivity contribution is 6.30. The van der Waals surface area contributed by atoms with Crippen LogP contribution in [0.5, 0.6) is 0 Å². The minimum Gasteiger partial charge on any atom is -0.455 e. The van der Waals surface area contributed by atoms with Crippen LogP contribution < -0.4 is 4.90 Å². The molecule has 1 amide bonds. The van der Waals surface area contributed by atoms with E-state index in [2.05, 4.69) is 0 Å². The number of hydrogen-bond acceptors (Lipinski definition) is 6. The summed E-state index contributed by atoms with van der Waals surface area (Å²) in [5, 5.41) is 11.5. The maximum absolute atomic E-state index is 12.2. The van der Waals surface area contributed by atoms with Gasteiger partial charge in [0.25, 0.3) is 11.6 Å². The minimum atomic E-state index is -0.461. The van der Waals surface area contributed by atoms with E-state index in [1.54, 1.807) is 17.0 Å². The first-order valence-corrected chi connectivity index (χ1v) is 8.88. The first kappa shape index (κ1) is 18.4. The highest BCUT2D eigenvalue weighted by atomic mass is 35.5. The molecule has 0 aromatic heterocycles. The van der Waals surface area contributed by atoms with Crippen LogP contribution in [0, 0.1) is 22.0 Å². The summed E-state index contributed by atoms with van der Waals surface area (Å²) in [5.41, 5.74) is 0.436. The molecule has 2 atom stereocenters. The topological polar surface area (TPSA) is 93.0 Å². The first-order chi connectivity index (χ1) is 12.4. The number of nitro benzene ring substituents is 1. The van der Waals surface area contributed by atoms with Crippen LogP contribution in [0.2, 0.25) is 5.02 Å². The number of carbonyl (C=O) groups excluding carboxylic acids is 2. The standard InChI is InChI=1S/C17H20ClN3O5/c1-11-8-13(11)17(23)26-10-16(22)20-6-4-19(5-7-20)14-3-2-12(18)9-15(14)21(24)25/h2-3,9,11,13H,4-8,10H2,1H3/t11-,13-/m1/s1. The fraction of sp³-hybridized carbons (Fsp3) is 0.529. The van der Waals surface area contributed by atoms with Crippen molar-refractivity contribution in [3.8, 4) is 0 Å². The van der Waals surface area contributed by atoms with Crippen LogP contribution in [0.4, 0.5) is 11.4 Å². The van der Waals surface area contributed by atoms with Crippen molar-refractivity contribution in [2.45, 2.75) is 13.3 Å². The Labute approximate surface area is 155 Å². The van der Waals surface area contributed by atoms with E-state index >= 15 is 0 Å². The van der Waals surface area contributed by atoms with Crippen molar-refractivity contribution in [3.05, 3.63) is 33.3 Å². The molecule has 1 saturated heterocycles. The van der Waals surface area contributed by atoms with Gasteiger partial charge in [-0.2, -0.15) is 0 Å². The van der Waals surface area contributed by atoms with Crippen LogP contribution in [-0.4, -0.2) is 54.5 Å². The van der Waals surface area contributed by atoms with Crippen LogP contribution in [0.3, 0.4) is 0 Å². The summed E-state index contributed by atoms with van der Waals surface area (Å²) in [6.07, 6.45) is 0.825. The number of anilines is 1. The van der Waals surface area contributed by atoms with Crippen LogP contribution in [-0.2, 0) is 14.3 Å². The molecule has 26 heavy (non-hydrogen) atoms. The van der Waals surface area contributed by atoms with Gasteiger partial charge in [0.2, 0.25) is 0 Å². The van der Waals surface area contributed by atoms with Crippen molar-refractivity contribution in [1.29, 1.82) is 0 Å². The summed E-state index contributed by atoms with van der Waals surface area (Å²) in [6.45, 7) is 3.47. The van der Waals surface area contributed by atoms with Crippen molar-refractivity contribution in [2.75, 3.05) is 37.7 Å². The lowest BCUT2D eigenvalue weighted by Gasteiger charge is -2.35. The molecule has 0 spiro atoms. The predicted octanol–water partition coefficient (Wildman–Crippen LogP) is 2.10. The number of piperazine rings is 1. The molecule has 0 unspecified atom stereocenters. The molecule has 2 aliphatic rings. The summed E-state index contributed by atoms with van der Waals surface area (Å²) in [5.74, 6) is -0.264. The van der Waals surface area contributed by atoms with Crippen LogP contribution >= 0.6 is 11.6 Å². The number of hydrogen-bond donors (Lipinski definition) is 0. The zero-order valence-electron chi connectivity index (χ0n) is 14.4. The first-order valence-electron chi connectivity index (χ1n) is 8.50. The molecule has 1 aliphatic carbocycles. The van der Waals surface area contributed by atoms with Gasteiger partial charge in [0.05, 0.1) is 10.8 Å². The van der Waals surface area contributed by atoms with E-state index in [1.165, 1.54) is 6.07 Å². The van der Waals surface area contributed by atoms with Gasteiger partial charge < -0.3 is 14.5 Å². The largest absolute Gasteiger partial charge is 0.455 e. The lowest BCUT2D eigenvalue weighted by Crippen LogP contribution is -2.50. The number of rotatable bonds is 5. The Bertz CT molecular complexity index is 733. The summed E-state index contributed by atoms with van der Waals surface area (Å²) < 4.78 is 5.08. The Morgan fingerprint density at radius 2 is 1.96 bits per heavy atom. The molecule has 9 heteroatoms. The number of esters is 1. The molecule has 140 valence electrons. The van der Waals surface area contributed by atoms with E-state index in [-0.39, 0.29) is 30.1 Å². The van der Waals surface area contributed by atoms with Gasteiger partial charge in [0, 0.05) is 37.3 Å². The van der Waals surface area contributed by atoms with Gasteiger partial charge in [-0.3, -0.25) is 19.7 Å². The molecule has 0 bridgehead atoms. The van der Waals surface area contributed by atoms with Crippen LogP contribution in [0.25, 0.3) is 0 Å². The molecule has 1 heterocycles. The third-order valence-electron chi connectivity index (χ3n) is 4.86. The van der Waals surface area contributed by atoms with E-state index in [0.717, 1.165) is 6.42 Å². The Hall–Kier alpha value is -2.35. The molecule has 0 radical (unpaired) electrons. The van der Waals surface area contributed by atoms with Crippen molar-refractivity contribution in [1.82, 2.24) is 4.90 Å². The highest BCUT2D eigenvalue weighted by Gasteiger charge is 2.40. The molecule has 1 saturated carbocycles. The van der Waals surface area contributed by atoms with Crippen LogP contribution in [0.15, 0.2) is 18.2 Å². The number of benzene rings is 1. The van der Waals surface area contributed by atoms with Crippen molar-refractivity contribution < 1.29 is 19.2 Å². The van der Waals surface area contributed by atoms with Crippen molar-refractivity contribution in [2.24, 2.45) is 11.8 Å². The summed E-state index contributed by atoms with van der Waals surface area (Å²) in [4.78, 5) is 38.1. The average Bonchev–Trinajstić information content (AvgIpc) is 3.36. The quantitative estimate of drug-likeness (QED) is 0.440. The number of carbonyl (C=O) groups is 2. The Kier molecular flexibility index (Phi) is 5.31. The second-order valence-electron chi connectivity index (χ2n) is 6.69. The van der Waals surface area contributed by atoms with Gasteiger partial charge in [0.1, 0.15) is 5.69 Å². The molecule has 0 N–H and O–H groups in total. The van der Waals surface area contributed by atoms with E-state index in [4.69, 9.17) is 16.3 Å². The second-order valence-corrected chi connectivity index (χ2v) is 7.12. The predicted molar refractivity (Wildman–Crippen MR) is 95.1 cm³/mol. The normalized spacial score (nSPS) is 22.1. The summed E-state index contributed by atoms with van der Waals surface area (Å²) in [7, 11) is 0. The van der Waals surface area contributed by atoms with Crippen molar-refractivity contribution >= 4 is 34.9 Å². The van der Waals surface area contributed by atoms with Gasteiger partial charge in [-0.1, -0.05) is 18.5 Å². The average molecular weight is 382 g/mol. The molecular weight excluding hydrogens is 362 g/mol. The number of ether oxygens (including phenoxy) is 1. The zero-order valence-corrected chi connectivity index (χ0v) is 15.1. The van der Waals surface area contributed by atoms with Crippen molar-refractivity contribution in [3.63, 3.8) is 0 Å². The van der Waals surface area contributed by atoms with Gasteiger partial charge in [-0.15, -0.1) is 0 Å². The monoisotopic (exact) mass is 381 g/mol. The highest BCUT2D eigenvalue weighted by Crippen LogP contribution is 2.38. The van der Waals surface area contributed by atoms with Crippen LogP contribution in [0.1, 0.15) is 13.3 Å². The third-order valence-corrected chi connectivity index (χ3v) is 5.09. The zero-order chi connectivity index (χ0) is 18.8. The fourth-order valence-corrected chi connectivity index (χ4v) is 3.26. The molecule has 1 aliphatic heterocycles. The molecule has 3 rings (SSSR count). The number of halogens is 1. The Morgan fingerprint density at radius 3 is 2.54 bits per heavy atom. The molecule has 8 nitrogen and oxygen atoms in total. The maximum atomic E-state index is 12.2. The lowest BCUT2D eigenvalue weighted by molar-refractivity contribution is -0.384. The second kappa shape index (κ2) is 7.49. The van der Waals surface area contributed by atoms with Gasteiger partial charge >= 0.3 is 5.97 Å². The van der Waals surface area contributed by atoms with Gasteiger partial charge in [0.15, 0.2) is 6.61 Å². The van der Waals surface area contributed by atoms with Gasteiger partial charge in [-0.25, -0.2) is 0 Å². The fourth-order valence-electron chi connectivity index (χ4n) is 3.09. The SMILES string of the molecule is C[C@@H]1C[C@H]1C(=O)OCC(=O)N1CCN(c2ccc(Cl)cc2[N+](=O)[O-])CC1. The minimum absolute atomic E-state index is 0.0511. The smallest absolute Gasteiger partial charge is 0.309 e. The number of nitro groups is 1. The molecule has 1 aromatic rings. The van der Waals surface area contributed by atoms with E-state index in [9.17, 15) is 19.7 Å². The maximum Gasteiger partial charge on any atom is 0.309 e. The number of nitrogens with zero attached hydrogens (tertiary/aromatic N) is 3. The third kappa shape index (κ3) is 4.07.